The fraction of sp³-hybridized carbons (Fsp3) is 0.357. The molecule has 22 heavy (non-hydrogen) atoms. The molecule has 0 aliphatic heterocycles. The highest BCUT2D eigenvalue weighted by Crippen LogP contribution is 2.37. The highest BCUT2D eigenvalue weighted by Gasteiger charge is 2.33. The second-order valence-corrected chi connectivity index (χ2v) is 5.15. The number of esters is 1. The molecule has 0 fully saturated rings. The summed E-state index contributed by atoms with van der Waals surface area (Å²) in [5.74, 6) is -0.608. The van der Waals surface area contributed by atoms with Crippen LogP contribution in [0, 0.1) is 0 Å². The van der Waals surface area contributed by atoms with Crippen LogP contribution in [0.2, 0.25) is 5.02 Å². The monoisotopic (exact) mass is 334 g/mol. The minimum absolute atomic E-state index is 0.0289. The maximum atomic E-state index is 13.0. The minimum atomic E-state index is -4.49. The number of halogens is 4. The van der Waals surface area contributed by atoms with Gasteiger partial charge in [-0.05, 0) is 25.1 Å². The molecule has 3 N–H and O–H groups in total. The van der Waals surface area contributed by atoms with Gasteiger partial charge in [0.05, 0.1) is 22.7 Å². The normalized spacial score (nSPS) is 13.4. The number of nitrogens with two attached hydrogens (primary N) is 1. The Morgan fingerprint density at radius 1 is 1.45 bits per heavy atom. The number of aromatic amines is 1. The molecule has 0 radical (unpaired) electrons. The fourth-order valence-corrected chi connectivity index (χ4v) is 2.38. The average Bonchev–Trinajstić information content (AvgIpc) is 2.82. The Bertz CT molecular complexity index is 697. The number of fused-ring (bicyclic) bond motifs is 1. The highest BCUT2D eigenvalue weighted by atomic mass is 35.5. The number of aromatic nitrogens is 1. The van der Waals surface area contributed by atoms with E-state index in [4.69, 9.17) is 22.1 Å². The molecule has 0 aliphatic carbocycles. The summed E-state index contributed by atoms with van der Waals surface area (Å²) in [7, 11) is 0. The molecule has 1 unspecified atom stereocenters. The van der Waals surface area contributed by atoms with Crippen LogP contribution in [0.5, 0.6) is 0 Å². The SMILES string of the molecule is CCOC(=O)C(N)Cc1cc2c(C(F)(F)F)ccc(Cl)c2[nH]1. The molecule has 1 atom stereocenters. The lowest BCUT2D eigenvalue weighted by Crippen LogP contribution is -2.34. The van der Waals surface area contributed by atoms with Gasteiger partial charge in [0.1, 0.15) is 6.04 Å². The summed E-state index contributed by atoms with van der Waals surface area (Å²) in [5.41, 5.74) is 5.43. The molecule has 2 rings (SSSR count). The van der Waals surface area contributed by atoms with Gasteiger partial charge in [0.2, 0.25) is 0 Å². The number of carbonyl (C=O) groups excluding carboxylic acids is 1. The molecular weight excluding hydrogens is 321 g/mol. The van der Waals surface area contributed by atoms with Crippen molar-refractivity contribution in [1.29, 1.82) is 0 Å². The molecule has 0 spiro atoms. The second-order valence-electron chi connectivity index (χ2n) is 4.74. The molecule has 120 valence electrons. The highest BCUT2D eigenvalue weighted by molar-refractivity contribution is 6.35. The lowest BCUT2D eigenvalue weighted by atomic mass is 10.1. The van der Waals surface area contributed by atoms with Crippen molar-refractivity contribution in [3.8, 4) is 0 Å². The molecule has 0 saturated carbocycles. The van der Waals surface area contributed by atoms with E-state index in [1.807, 2.05) is 0 Å². The molecule has 0 saturated heterocycles. The number of rotatable bonds is 4. The number of alkyl halides is 3. The van der Waals surface area contributed by atoms with Gasteiger partial charge < -0.3 is 15.5 Å². The topological polar surface area (TPSA) is 68.1 Å². The van der Waals surface area contributed by atoms with E-state index in [0.717, 1.165) is 6.07 Å². The molecule has 8 heteroatoms. The number of carbonyl (C=O) groups is 1. The Hall–Kier alpha value is -1.73. The first-order valence-corrected chi connectivity index (χ1v) is 6.91. The minimum Gasteiger partial charge on any atom is -0.465 e. The lowest BCUT2D eigenvalue weighted by Gasteiger charge is -2.08. The molecule has 4 nitrogen and oxygen atoms in total. The third kappa shape index (κ3) is 3.36. The number of hydrogen-bond acceptors (Lipinski definition) is 3. The first-order chi connectivity index (χ1) is 10.2. The van der Waals surface area contributed by atoms with Gasteiger partial charge in [0.15, 0.2) is 0 Å². The van der Waals surface area contributed by atoms with Gasteiger partial charge in [-0.2, -0.15) is 13.2 Å². The molecule has 1 heterocycles. The molecule has 1 aromatic carbocycles. The number of ether oxygens (including phenoxy) is 1. The Kier molecular flexibility index (Phi) is 4.67. The van der Waals surface area contributed by atoms with E-state index in [-0.39, 0.29) is 29.0 Å². The van der Waals surface area contributed by atoms with Crippen molar-refractivity contribution in [3.63, 3.8) is 0 Å². The molecule has 0 aliphatic rings. The van der Waals surface area contributed by atoms with E-state index >= 15 is 0 Å². The largest absolute Gasteiger partial charge is 0.465 e. The van der Waals surface area contributed by atoms with Crippen LogP contribution in [0.1, 0.15) is 18.2 Å². The third-order valence-corrected chi connectivity index (χ3v) is 3.45. The van der Waals surface area contributed by atoms with Gasteiger partial charge in [0, 0.05) is 17.5 Å². The number of benzene rings is 1. The van der Waals surface area contributed by atoms with E-state index in [1.165, 1.54) is 12.1 Å². The molecular formula is C14H14ClF3N2O2. The van der Waals surface area contributed by atoms with Crippen LogP contribution in [0.25, 0.3) is 10.9 Å². The first kappa shape index (κ1) is 16.6. The van der Waals surface area contributed by atoms with E-state index in [2.05, 4.69) is 4.98 Å². The van der Waals surface area contributed by atoms with Crippen LogP contribution in [-0.2, 0) is 22.1 Å². The van der Waals surface area contributed by atoms with Crippen molar-refractivity contribution in [2.45, 2.75) is 25.6 Å². The van der Waals surface area contributed by atoms with Crippen LogP contribution in [0.3, 0.4) is 0 Å². The van der Waals surface area contributed by atoms with Gasteiger partial charge in [-0.1, -0.05) is 11.6 Å². The summed E-state index contributed by atoms with van der Waals surface area (Å²) in [6, 6.07) is 2.45. The van der Waals surface area contributed by atoms with Crippen LogP contribution in [-0.4, -0.2) is 23.6 Å². The van der Waals surface area contributed by atoms with Crippen LogP contribution >= 0.6 is 11.6 Å². The Morgan fingerprint density at radius 2 is 2.14 bits per heavy atom. The Balaban J connectivity index is 2.38. The second kappa shape index (κ2) is 6.18. The van der Waals surface area contributed by atoms with Crippen molar-refractivity contribution in [3.05, 3.63) is 34.5 Å². The summed E-state index contributed by atoms with van der Waals surface area (Å²) in [4.78, 5) is 14.3. The van der Waals surface area contributed by atoms with Gasteiger partial charge in [-0.25, -0.2) is 0 Å². The summed E-state index contributed by atoms with van der Waals surface area (Å²) in [6.45, 7) is 1.83. The summed E-state index contributed by atoms with van der Waals surface area (Å²) in [5, 5.41) is 0.116. The predicted molar refractivity (Wildman–Crippen MR) is 76.6 cm³/mol. The zero-order valence-corrected chi connectivity index (χ0v) is 12.4. The Labute approximate surface area is 129 Å². The van der Waals surface area contributed by atoms with E-state index in [0.29, 0.717) is 5.69 Å². The fourth-order valence-electron chi connectivity index (χ4n) is 2.17. The quantitative estimate of drug-likeness (QED) is 0.843. The van der Waals surface area contributed by atoms with Crippen molar-refractivity contribution < 1.29 is 22.7 Å². The summed E-state index contributed by atoms with van der Waals surface area (Å²) in [6.07, 6.45) is -4.47. The molecule has 1 aromatic heterocycles. The maximum Gasteiger partial charge on any atom is 0.417 e. The molecule has 0 amide bonds. The van der Waals surface area contributed by atoms with E-state index in [9.17, 15) is 18.0 Å². The van der Waals surface area contributed by atoms with Gasteiger partial charge in [-0.15, -0.1) is 0 Å². The predicted octanol–water partition coefficient (Wildman–Crippen LogP) is 3.27. The molecule has 0 bridgehead atoms. The number of hydrogen-bond donors (Lipinski definition) is 2. The van der Waals surface area contributed by atoms with Gasteiger partial charge in [-0.3, -0.25) is 4.79 Å². The smallest absolute Gasteiger partial charge is 0.417 e. The van der Waals surface area contributed by atoms with Gasteiger partial charge >= 0.3 is 12.1 Å². The zero-order chi connectivity index (χ0) is 16.5. The first-order valence-electron chi connectivity index (χ1n) is 6.53. The summed E-state index contributed by atoms with van der Waals surface area (Å²) < 4.78 is 43.8. The zero-order valence-electron chi connectivity index (χ0n) is 11.6. The lowest BCUT2D eigenvalue weighted by molar-refractivity contribution is -0.144. The van der Waals surface area contributed by atoms with Crippen molar-refractivity contribution in [1.82, 2.24) is 4.98 Å². The summed E-state index contributed by atoms with van der Waals surface area (Å²) >= 11 is 5.92. The van der Waals surface area contributed by atoms with E-state index < -0.39 is 23.8 Å². The van der Waals surface area contributed by atoms with E-state index in [1.54, 1.807) is 6.92 Å². The van der Waals surface area contributed by atoms with Crippen molar-refractivity contribution in [2.24, 2.45) is 5.73 Å². The van der Waals surface area contributed by atoms with Crippen molar-refractivity contribution >= 4 is 28.5 Å². The van der Waals surface area contributed by atoms with Crippen LogP contribution in [0.15, 0.2) is 18.2 Å². The standard InChI is InChI=1S/C14H14ClF3N2O2/c1-2-22-13(21)11(19)6-7-5-8-9(14(16,17)18)3-4-10(15)12(8)20-7/h3-5,11,20H,2,6,19H2,1H3. The van der Waals surface area contributed by atoms with Crippen LogP contribution in [0.4, 0.5) is 13.2 Å². The van der Waals surface area contributed by atoms with Crippen LogP contribution < -0.4 is 5.73 Å². The van der Waals surface area contributed by atoms with Gasteiger partial charge in [0.25, 0.3) is 0 Å². The number of nitrogens with one attached hydrogen (secondary N) is 1. The average molecular weight is 335 g/mol. The third-order valence-electron chi connectivity index (χ3n) is 3.13. The maximum absolute atomic E-state index is 13.0. The number of H-pyrrole nitrogens is 1. The Morgan fingerprint density at radius 3 is 2.73 bits per heavy atom. The van der Waals surface area contributed by atoms with Crippen molar-refractivity contribution in [2.75, 3.05) is 6.61 Å². The molecule has 2 aromatic rings.